The molecular weight excluding hydrogens is 322 g/mol. The maximum Gasteiger partial charge on any atom is 0.269 e. The van der Waals surface area contributed by atoms with Crippen LogP contribution in [0.4, 0.5) is 5.69 Å². The molecule has 0 aromatic heterocycles. The van der Waals surface area contributed by atoms with Crippen molar-refractivity contribution in [2.45, 2.75) is 43.8 Å². The molecule has 1 amide bonds. The molecule has 0 saturated carbocycles. The van der Waals surface area contributed by atoms with Crippen LogP contribution >= 0.6 is 11.6 Å². The number of alkyl halides is 1. The molecule has 1 saturated heterocycles. The van der Waals surface area contributed by atoms with Crippen molar-refractivity contribution in [2.24, 2.45) is 0 Å². The van der Waals surface area contributed by atoms with Crippen LogP contribution in [0.25, 0.3) is 0 Å². The van der Waals surface area contributed by atoms with E-state index in [1.54, 1.807) is 12.1 Å². The molecule has 1 aromatic rings. The molecule has 0 bridgehead atoms. The molecule has 3 unspecified atom stereocenters. The van der Waals surface area contributed by atoms with Crippen LogP contribution in [0.2, 0.25) is 0 Å². The fourth-order valence-electron chi connectivity index (χ4n) is 2.24. The summed E-state index contributed by atoms with van der Waals surface area (Å²) < 4.78 is 0. The van der Waals surface area contributed by atoms with Gasteiger partial charge in [-0.3, -0.25) is 25.8 Å². The highest BCUT2D eigenvalue weighted by atomic mass is 35.5. The topological polar surface area (TPSA) is 108 Å². The molecule has 9 heteroatoms. The van der Waals surface area contributed by atoms with Crippen molar-refractivity contribution >= 4 is 23.2 Å². The minimum absolute atomic E-state index is 0.0678. The number of nitro benzene ring substituents is 1. The third-order valence-electron chi connectivity index (χ3n) is 3.65. The number of halogens is 1. The second kappa shape index (κ2) is 8.21. The number of carbonyl (C=O) groups excluding carboxylic acids is 1. The Bertz CT molecular complexity index is 554. The number of rotatable bonds is 7. The Morgan fingerprint density at radius 1 is 1.35 bits per heavy atom. The number of non-ortho nitro benzene ring substituents is 1. The molecular formula is C14H20ClN5O3. The molecule has 126 valence electrons. The van der Waals surface area contributed by atoms with Gasteiger partial charge < -0.3 is 0 Å². The number of carbonyl (C=O) groups is 1. The number of hydrazine groups is 2. The first-order valence-corrected chi connectivity index (χ1v) is 7.84. The van der Waals surface area contributed by atoms with E-state index in [4.69, 9.17) is 11.6 Å². The third kappa shape index (κ3) is 5.14. The fourth-order valence-corrected chi connectivity index (χ4v) is 2.43. The van der Waals surface area contributed by atoms with Gasteiger partial charge in [-0.2, -0.15) is 0 Å². The summed E-state index contributed by atoms with van der Waals surface area (Å²) in [5.74, 6) is -0.128. The van der Waals surface area contributed by atoms with Gasteiger partial charge in [0.2, 0.25) is 5.91 Å². The summed E-state index contributed by atoms with van der Waals surface area (Å²) in [5.41, 5.74) is 12.4. The summed E-state index contributed by atoms with van der Waals surface area (Å²) in [5, 5.41) is 10.4. The van der Waals surface area contributed by atoms with Gasteiger partial charge in [0.1, 0.15) is 6.17 Å². The number of nitrogens with zero attached hydrogens (tertiary/aromatic N) is 1. The SMILES string of the molecule is CC1NNC(NNC(=O)CCCc2ccc([N+](=O)[O-])cc2)C1Cl. The molecule has 4 N–H and O–H groups in total. The van der Waals surface area contributed by atoms with Gasteiger partial charge in [-0.1, -0.05) is 12.1 Å². The van der Waals surface area contributed by atoms with Gasteiger partial charge in [0, 0.05) is 24.6 Å². The summed E-state index contributed by atoms with van der Waals surface area (Å²) in [4.78, 5) is 21.9. The Kier molecular flexibility index (Phi) is 6.28. The quantitative estimate of drug-likeness (QED) is 0.334. The van der Waals surface area contributed by atoms with Gasteiger partial charge in [-0.05, 0) is 25.3 Å². The van der Waals surface area contributed by atoms with E-state index in [2.05, 4.69) is 21.7 Å². The van der Waals surface area contributed by atoms with Gasteiger partial charge in [0.05, 0.1) is 10.3 Å². The van der Waals surface area contributed by atoms with Crippen molar-refractivity contribution < 1.29 is 9.72 Å². The lowest BCUT2D eigenvalue weighted by molar-refractivity contribution is -0.384. The first-order chi connectivity index (χ1) is 11.0. The van der Waals surface area contributed by atoms with Crippen LogP contribution in [0.5, 0.6) is 0 Å². The summed E-state index contributed by atoms with van der Waals surface area (Å²) in [6, 6.07) is 6.46. The van der Waals surface area contributed by atoms with Gasteiger partial charge in [-0.15, -0.1) is 11.6 Å². The summed E-state index contributed by atoms with van der Waals surface area (Å²) in [6.07, 6.45) is 1.46. The third-order valence-corrected chi connectivity index (χ3v) is 4.28. The van der Waals surface area contributed by atoms with E-state index in [9.17, 15) is 14.9 Å². The van der Waals surface area contributed by atoms with Crippen molar-refractivity contribution in [1.82, 2.24) is 21.7 Å². The fraction of sp³-hybridized carbons (Fsp3) is 0.500. The molecule has 3 atom stereocenters. The summed E-state index contributed by atoms with van der Waals surface area (Å²) in [6.45, 7) is 1.94. The highest BCUT2D eigenvalue weighted by Gasteiger charge is 2.31. The minimum atomic E-state index is -0.431. The molecule has 0 aliphatic carbocycles. The van der Waals surface area contributed by atoms with Gasteiger partial charge >= 0.3 is 0 Å². The number of nitrogens with one attached hydrogen (secondary N) is 4. The number of hydrogen-bond acceptors (Lipinski definition) is 6. The van der Waals surface area contributed by atoms with E-state index in [-0.39, 0.29) is 29.2 Å². The number of aryl methyl sites for hydroxylation is 1. The maximum absolute atomic E-state index is 11.8. The Morgan fingerprint density at radius 2 is 2.04 bits per heavy atom. The average Bonchev–Trinajstić information content (AvgIpc) is 2.85. The smallest absolute Gasteiger partial charge is 0.269 e. The van der Waals surface area contributed by atoms with Crippen molar-refractivity contribution in [2.75, 3.05) is 0 Å². The van der Waals surface area contributed by atoms with E-state index in [0.29, 0.717) is 19.3 Å². The summed E-state index contributed by atoms with van der Waals surface area (Å²) in [7, 11) is 0. The lowest BCUT2D eigenvalue weighted by Gasteiger charge is -2.16. The molecule has 0 spiro atoms. The first kappa shape index (κ1) is 17.6. The predicted octanol–water partition coefficient (Wildman–Crippen LogP) is 0.968. The zero-order valence-electron chi connectivity index (χ0n) is 12.7. The highest BCUT2D eigenvalue weighted by Crippen LogP contribution is 2.13. The lowest BCUT2D eigenvalue weighted by atomic mass is 10.1. The molecule has 1 fully saturated rings. The van der Waals surface area contributed by atoms with E-state index < -0.39 is 4.92 Å². The standard InChI is InChI=1S/C14H20ClN5O3/c1-9-13(15)14(18-16-9)19-17-12(21)4-2-3-10-5-7-11(8-6-10)20(22)23/h5-9,13-14,16,18-19H,2-4H2,1H3,(H,17,21). The van der Waals surface area contributed by atoms with Crippen LogP contribution in [-0.4, -0.2) is 28.4 Å². The van der Waals surface area contributed by atoms with Crippen LogP contribution in [-0.2, 0) is 11.2 Å². The van der Waals surface area contributed by atoms with E-state index in [1.807, 2.05) is 6.92 Å². The normalized spacial score (nSPS) is 23.7. The zero-order chi connectivity index (χ0) is 16.8. The molecule has 23 heavy (non-hydrogen) atoms. The monoisotopic (exact) mass is 341 g/mol. The van der Waals surface area contributed by atoms with Crippen molar-refractivity contribution in [1.29, 1.82) is 0 Å². The Balaban J connectivity index is 1.65. The van der Waals surface area contributed by atoms with Crippen molar-refractivity contribution in [3.8, 4) is 0 Å². The second-order valence-corrected chi connectivity index (χ2v) is 5.97. The van der Waals surface area contributed by atoms with Crippen LogP contribution in [0.3, 0.4) is 0 Å². The average molecular weight is 342 g/mol. The minimum Gasteiger partial charge on any atom is -0.290 e. The summed E-state index contributed by atoms with van der Waals surface area (Å²) >= 11 is 6.14. The number of hydrogen-bond donors (Lipinski definition) is 4. The second-order valence-electron chi connectivity index (χ2n) is 5.47. The number of benzene rings is 1. The Hall–Kier alpha value is -1.74. The Morgan fingerprint density at radius 3 is 2.61 bits per heavy atom. The molecule has 8 nitrogen and oxygen atoms in total. The molecule has 2 rings (SSSR count). The Labute approximate surface area is 139 Å². The van der Waals surface area contributed by atoms with Gasteiger partial charge in [-0.25, -0.2) is 10.9 Å². The molecule has 1 aliphatic heterocycles. The van der Waals surface area contributed by atoms with Crippen molar-refractivity contribution in [3.63, 3.8) is 0 Å². The largest absolute Gasteiger partial charge is 0.290 e. The number of amides is 1. The van der Waals surface area contributed by atoms with Gasteiger partial charge in [0.15, 0.2) is 0 Å². The van der Waals surface area contributed by atoms with Crippen molar-refractivity contribution in [3.05, 3.63) is 39.9 Å². The van der Waals surface area contributed by atoms with Gasteiger partial charge in [0.25, 0.3) is 5.69 Å². The first-order valence-electron chi connectivity index (χ1n) is 7.40. The molecule has 1 heterocycles. The van der Waals surface area contributed by atoms with Crippen LogP contribution in [0, 0.1) is 10.1 Å². The predicted molar refractivity (Wildman–Crippen MR) is 86.5 cm³/mol. The van der Waals surface area contributed by atoms with Crippen LogP contribution in [0.1, 0.15) is 25.3 Å². The zero-order valence-corrected chi connectivity index (χ0v) is 13.5. The van der Waals surface area contributed by atoms with Crippen LogP contribution in [0.15, 0.2) is 24.3 Å². The molecule has 1 aromatic carbocycles. The van der Waals surface area contributed by atoms with E-state index in [0.717, 1.165) is 5.56 Å². The van der Waals surface area contributed by atoms with E-state index >= 15 is 0 Å². The lowest BCUT2D eigenvalue weighted by Crippen LogP contribution is -2.53. The molecule has 0 radical (unpaired) electrons. The molecule has 1 aliphatic rings. The maximum atomic E-state index is 11.8. The number of nitro groups is 1. The van der Waals surface area contributed by atoms with E-state index in [1.165, 1.54) is 12.1 Å². The van der Waals surface area contributed by atoms with Crippen LogP contribution < -0.4 is 21.7 Å². The highest BCUT2D eigenvalue weighted by molar-refractivity contribution is 6.21.